The number of amides is 5. The van der Waals surface area contributed by atoms with Crippen LogP contribution in [-0.4, -0.2) is 116 Å². The molecule has 1 aliphatic heterocycles. The molecule has 7 N–H and O–H groups in total. The molecule has 51 heavy (non-hydrogen) atoms. The first-order chi connectivity index (χ1) is 24.2. The predicted molar refractivity (Wildman–Crippen MR) is 193 cm³/mol. The number of carbonyl (C=O) groups is 6. The lowest BCUT2D eigenvalue weighted by atomic mass is 9.94. The van der Waals surface area contributed by atoms with E-state index in [1.807, 2.05) is 13.8 Å². The van der Waals surface area contributed by atoms with Crippen molar-refractivity contribution < 1.29 is 43.3 Å². The van der Waals surface area contributed by atoms with Crippen molar-refractivity contribution in [3.05, 3.63) is 0 Å². The number of nitrogens with zero attached hydrogens (tertiary/aromatic N) is 1. The molecule has 1 unspecified atom stereocenters. The molecule has 5 amide bonds. The van der Waals surface area contributed by atoms with Crippen molar-refractivity contribution >= 4 is 35.5 Å². The van der Waals surface area contributed by atoms with E-state index in [1.54, 1.807) is 6.92 Å². The lowest BCUT2D eigenvalue weighted by Crippen LogP contribution is -2.61. The molecule has 0 aromatic carbocycles. The van der Waals surface area contributed by atoms with Crippen LogP contribution < -0.4 is 27.0 Å². The van der Waals surface area contributed by atoms with E-state index < -0.39 is 84.3 Å². The second kappa shape index (κ2) is 24.8. The number of aliphatic hydroxyl groups is 1. The Balaban J connectivity index is 3.49. The summed E-state index contributed by atoms with van der Waals surface area (Å²) >= 11 is 0. The van der Waals surface area contributed by atoms with E-state index in [1.165, 1.54) is 45.2 Å². The fraction of sp³-hybridized carbons (Fsp3) is 0.833. The summed E-state index contributed by atoms with van der Waals surface area (Å²) in [4.78, 5) is 82.1. The Bertz CT molecular complexity index is 1110. The number of hydrogen-bond donors (Lipinski definition) is 6. The summed E-state index contributed by atoms with van der Waals surface area (Å²) in [5.74, 6) is -5.02. The normalized spacial score (nSPS) is 25.6. The maximum absolute atomic E-state index is 14.0. The zero-order valence-corrected chi connectivity index (χ0v) is 32.0. The monoisotopic (exact) mass is 726 g/mol. The number of esters is 1. The van der Waals surface area contributed by atoms with Gasteiger partial charge in [0.05, 0.1) is 12.0 Å². The molecule has 0 spiro atoms. The summed E-state index contributed by atoms with van der Waals surface area (Å²) in [6.45, 7) is 8.30. The zero-order chi connectivity index (χ0) is 38.5. The minimum atomic E-state index is -1.49. The molecule has 15 nitrogen and oxygen atoms in total. The number of ether oxygens (including phenoxy) is 2. The van der Waals surface area contributed by atoms with Gasteiger partial charge in [0.15, 0.2) is 0 Å². The van der Waals surface area contributed by atoms with Crippen molar-refractivity contribution in [3.63, 3.8) is 0 Å². The van der Waals surface area contributed by atoms with Crippen molar-refractivity contribution in [2.75, 3.05) is 33.9 Å². The molecular weight excluding hydrogens is 660 g/mol. The second-order valence-corrected chi connectivity index (χ2v) is 14.1. The molecule has 1 saturated heterocycles. The molecule has 1 aliphatic rings. The first kappa shape index (κ1) is 45.7. The number of nitrogens with two attached hydrogens (primary N) is 1. The van der Waals surface area contributed by atoms with Crippen molar-refractivity contribution in [2.24, 2.45) is 17.6 Å². The molecule has 15 heteroatoms. The van der Waals surface area contributed by atoms with Crippen LogP contribution in [0.2, 0.25) is 0 Å². The number of hydrogen-bond acceptors (Lipinski definition) is 10. The Morgan fingerprint density at radius 2 is 1.43 bits per heavy atom. The van der Waals surface area contributed by atoms with E-state index in [0.717, 1.165) is 25.7 Å². The van der Waals surface area contributed by atoms with Gasteiger partial charge >= 0.3 is 5.97 Å². The highest BCUT2D eigenvalue weighted by Crippen LogP contribution is 2.22. The fourth-order valence-corrected chi connectivity index (χ4v) is 6.02. The SMILES string of the molecule is CCCCCCCCCC[C@H]1OC(=O)CNC(=O)[C@H](C(C)O)NC(=O)[C@H](CN)NC(=O)[C@H](CCCOC)NC(=O)[C@H](CC(C)C)N(C)C(=O)[C@@H]1C. The topological polar surface area (TPSA) is 218 Å². The molecule has 7 atom stereocenters. The number of unbranched alkanes of at least 4 members (excludes halogenated alkanes) is 7. The summed E-state index contributed by atoms with van der Waals surface area (Å²) < 4.78 is 10.9. The molecule has 1 fully saturated rings. The highest BCUT2D eigenvalue weighted by molar-refractivity contribution is 5.96. The van der Waals surface area contributed by atoms with Gasteiger partial charge in [0, 0.05) is 27.3 Å². The van der Waals surface area contributed by atoms with Gasteiger partial charge in [-0.25, -0.2) is 0 Å². The smallest absolute Gasteiger partial charge is 0.325 e. The number of carbonyl (C=O) groups excluding carboxylic acids is 6. The Hall–Kier alpha value is -3.30. The first-order valence-corrected chi connectivity index (χ1v) is 18.7. The molecule has 1 rings (SSSR count). The number of rotatable bonds is 17. The lowest BCUT2D eigenvalue weighted by Gasteiger charge is -2.34. The molecule has 0 bridgehead atoms. The van der Waals surface area contributed by atoms with Gasteiger partial charge < -0.3 is 46.5 Å². The average Bonchev–Trinajstić information content (AvgIpc) is 3.09. The quantitative estimate of drug-likeness (QED) is 0.0932. The standard InChI is InChI=1S/C36H66N6O9/c1-8-9-10-11-12-13-14-15-18-29-24(4)36(49)42(6)28(20-23(2)3)34(47)39-26(17-16-19-50-7)32(45)40-27(21-37)33(46)41-31(25(5)43)35(48)38-22-30(44)51-29/h23-29,31,43H,8-22,37H2,1-7H3,(H,38,48)(H,39,47)(H,40,45)(H,41,46)/t24-,25?,26+,27+,28+,29-,31+/m1/s1. The van der Waals surface area contributed by atoms with Gasteiger partial charge in [-0.3, -0.25) is 28.8 Å². The Kier molecular flexibility index (Phi) is 22.2. The van der Waals surface area contributed by atoms with E-state index in [2.05, 4.69) is 28.2 Å². The Morgan fingerprint density at radius 1 is 0.843 bits per heavy atom. The molecule has 0 aromatic rings. The van der Waals surface area contributed by atoms with Gasteiger partial charge in [-0.15, -0.1) is 0 Å². The minimum Gasteiger partial charge on any atom is -0.460 e. The average molecular weight is 727 g/mol. The maximum Gasteiger partial charge on any atom is 0.325 e. The fourth-order valence-electron chi connectivity index (χ4n) is 6.02. The first-order valence-electron chi connectivity index (χ1n) is 18.7. The molecule has 0 radical (unpaired) electrons. The van der Waals surface area contributed by atoms with Crippen molar-refractivity contribution in [1.82, 2.24) is 26.2 Å². The van der Waals surface area contributed by atoms with Crippen LogP contribution >= 0.6 is 0 Å². The van der Waals surface area contributed by atoms with Gasteiger partial charge in [-0.2, -0.15) is 0 Å². The van der Waals surface area contributed by atoms with Crippen LogP contribution in [0.4, 0.5) is 0 Å². The predicted octanol–water partition coefficient (Wildman–Crippen LogP) is 1.29. The van der Waals surface area contributed by atoms with E-state index >= 15 is 0 Å². The van der Waals surface area contributed by atoms with E-state index in [4.69, 9.17) is 15.2 Å². The summed E-state index contributed by atoms with van der Waals surface area (Å²) in [5.41, 5.74) is 5.82. The van der Waals surface area contributed by atoms with Crippen LogP contribution in [0.1, 0.15) is 112 Å². The third-order valence-electron chi connectivity index (χ3n) is 9.20. The molecule has 1 heterocycles. The number of methoxy groups -OCH3 is 1. The molecular formula is C36H66N6O9. The lowest BCUT2D eigenvalue weighted by molar-refractivity contribution is -0.157. The van der Waals surface area contributed by atoms with Crippen LogP contribution in [0, 0.1) is 11.8 Å². The van der Waals surface area contributed by atoms with Crippen LogP contribution in [0.25, 0.3) is 0 Å². The van der Waals surface area contributed by atoms with E-state index in [-0.39, 0.29) is 25.3 Å². The van der Waals surface area contributed by atoms with Gasteiger partial charge in [0.1, 0.15) is 36.8 Å². The highest BCUT2D eigenvalue weighted by atomic mass is 16.5. The highest BCUT2D eigenvalue weighted by Gasteiger charge is 2.37. The van der Waals surface area contributed by atoms with E-state index in [9.17, 15) is 33.9 Å². The van der Waals surface area contributed by atoms with Crippen LogP contribution in [0.3, 0.4) is 0 Å². The van der Waals surface area contributed by atoms with Crippen LogP contribution in [0.15, 0.2) is 0 Å². The summed E-state index contributed by atoms with van der Waals surface area (Å²) in [6.07, 6.45) is 7.41. The largest absolute Gasteiger partial charge is 0.460 e. The molecule has 0 saturated carbocycles. The molecule has 0 aromatic heterocycles. The van der Waals surface area contributed by atoms with Crippen molar-refractivity contribution in [1.29, 1.82) is 0 Å². The number of aliphatic hydroxyl groups excluding tert-OH is 1. The summed E-state index contributed by atoms with van der Waals surface area (Å²) in [7, 11) is 3.03. The van der Waals surface area contributed by atoms with E-state index in [0.29, 0.717) is 25.9 Å². The van der Waals surface area contributed by atoms with Crippen molar-refractivity contribution in [2.45, 2.75) is 148 Å². The minimum absolute atomic E-state index is 0.00424. The molecule has 0 aliphatic carbocycles. The third-order valence-corrected chi connectivity index (χ3v) is 9.20. The third kappa shape index (κ3) is 16.7. The van der Waals surface area contributed by atoms with Crippen molar-refractivity contribution in [3.8, 4) is 0 Å². The van der Waals surface area contributed by atoms with Gasteiger partial charge in [0.25, 0.3) is 0 Å². The summed E-state index contributed by atoms with van der Waals surface area (Å²) in [5, 5.41) is 20.4. The van der Waals surface area contributed by atoms with Crippen LogP contribution in [0.5, 0.6) is 0 Å². The Labute approximate surface area is 304 Å². The Morgan fingerprint density at radius 3 is 2.00 bits per heavy atom. The second-order valence-electron chi connectivity index (χ2n) is 14.1. The van der Waals surface area contributed by atoms with Gasteiger partial charge in [0.2, 0.25) is 29.5 Å². The van der Waals surface area contributed by atoms with Crippen LogP contribution in [-0.2, 0) is 38.2 Å². The number of likely N-dealkylation sites (N-methyl/N-ethyl adjacent to an activating group) is 1. The number of nitrogens with one attached hydrogen (secondary N) is 4. The molecule has 294 valence electrons. The van der Waals surface area contributed by atoms with Gasteiger partial charge in [-0.05, 0) is 44.9 Å². The summed E-state index contributed by atoms with van der Waals surface area (Å²) in [6, 6.07) is -4.89. The maximum atomic E-state index is 14.0. The van der Waals surface area contributed by atoms with Gasteiger partial charge in [-0.1, -0.05) is 72.6 Å². The zero-order valence-electron chi connectivity index (χ0n) is 32.0. The number of cyclic esters (lactones) is 1.